The maximum atomic E-state index is 13.7. The molecule has 33 atom stereocenters. The molecule has 35 nitrogen and oxygen atoms in total. The highest BCUT2D eigenvalue weighted by atomic mass is 16.8. The van der Waals surface area contributed by atoms with Gasteiger partial charge in [0.2, 0.25) is 5.91 Å². The van der Waals surface area contributed by atoms with E-state index < -0.39 is 255 Å². The molecule has 1 amide bonds. The quantitative estimate of drug-likeness (QED) is 0.0302. The third-order valence-electron chi connectivity index (χ3n) is 22.4. The van der Waals surface area contributed by atoms with Crippen molar-refractivity contribution in [3.05, 3.63) is 0 Å². The number of unbranched alkanes of at least 4 members (excludes halogenated alkanes) is 27. The van der Waals surface area contributed by atoms with Crippen LogP contribution >= 0.6 is 0 Å². The lowest BCUT2D eigenvalue weighted by Gasteiger charge is -2.46. The fraction of sp³-hybridized carbons (Fsp3) is 0.987. The number of rotatable bonds is 58. The van der Waals surface area contributed by atoms with E-state index in [1.54, 1.807) is 0 Å². The Morgan fingerprint density at radius 3 is 1.28 bits per heavy atom. The molecule has 22 N–H and O–H groups in total. The number of carbonyl (C=O) groups excluding carboxylic acids is 1. The second kappa shape index (κ2) is 53.0. The zero-order valence-electron chi connectivity index (χ0n) is 65.9. The summed E-state index contributed by atoms with van der Waals surface area (Å²) in [6, 6.07) is -1.43. The molecule has 0 aromatic heterocycles. The van der Waals surface area contributed by atoms with E-state index in [0.29, 0.717) is 18.8 Å². The fourth-order valence-electron chi connectivity index (χ4n) is 15.3. The number of aliphatic hydroxyl groups excluding tert-OH is 21. The van der Waals surface area contributed by atoms with Gasteiger partial charge in [-0.1, -0.05) is 213 Å². The van der Waals surface area contributed by atoms with Crippen molar-refractivity contribution in [2.75, 3.05) is 46.2 Å². The van der Waals surface area contributed by atoms with Gasteiger partial charge in [0.25, 0.3) is 0 Å². The number of nitrogens with one attached hydrogen (secondary N) is 1. The molecule has 6 saturated heterocycles. The molecular formula is C77H143NO34. The summed E-state index contributed by atoms with van der Waals surface area (Å²) >= 11 is 0. The molecule has 0 spiro atoms. The summed E-state index contributed by atoms with van der Waals surface area (Å²) < 4.78 is 70.6. The van der Waals surface area contributed by atoms with Crippen molar-refractivity contribution < 1.29 is 169 Å². The number of hydrogen-bond acceptors (Lipinski definition) is 34. The third-order valence-corrected chi connectivity index (χ3v) is 22.4. The van der Waals surface area contributed by atoms with Crippen LogP contribution in [0.5, 0.6) is 0 Å². The lowest BCUT2D eigenvalue weighted by Crippen LogP contribution is -2.64. The molecule has 6 fully saturated rings. The summed E-state index contributed by atoms with van der Waals surface area (Å²) in [5, 5.41) is 233. The molecule has 6 aliphatic heterocycles. The first-order valence-electron chi connectivity index (χ1n) is 41.8. The molecule has 0 bridgehead atoms. The van der Waals surface area contributed by atoms with Crippen molar-refractivity contribution in [2.24, 2.45) is 5.92 Å². The molecule has 33 unspecified atom stereocenters. The van der Waals surface area contributed by atoms with Gasteiger partial charge in [0.1, 0.15) is 153 Å². The highest BCUT2D eigenvalue weighted by molar-refractivity contribution is 5.80. The molecule has 35 heteroatoms. The number of aliphatic hydroxyl groups is 21. The van der Waals surface area contributed by atoms with Crippen LogP contribution in [0, 0.1) is 5.92 Å². The Kier molecular flexibility index (Phi) is 46.9. The third kappa shape index (κ3) is 30.7. The normalized spacial score (nSPS) is 35.8. The van der Waals surface area contributed by atoms with Crippen molar-refractivity contribution in [1.82, 2.24) is 5.32 Å². The first-order chi connectivity index (χ1) is 53.7. The zero-order chi connectivity index (χ0) is 82.0. The van der Waals surface area contributed by atoms with Crippen molar-refractivity contribution in [3.8, 4) is 0 Å². The van der Waals surface area contributed by atoms with Crippen LogP contribution in [0.25, 0.3) is 0 Å². The van der Waals surface area contributed by atoms with Crippen molar-refractivity contribution in [3.63, 3.8) is 0 Å². The van der Waals surface area contributed by atoms with Gasteiger partial charge >= 0.3 is 0 Å². The van der Waals surface area contributed by atoms with Crippen LogP contribution in [0.3, 0.4) is 0 Å². The van der Waals surface area contributed by atoms with Gasteiger partial charge in [0, 0.05) is 0 Å². The highest BCUT2D eigenvalue weighted by Gasteiger charge is 2.60. The van der Waals surface area contributed by atoms with Gasteiger partial charge in [-0.25, -0.2) is 0 Å². The summed E-state index contributed by atoms with van der Waals surface area (Å²) in [6.07, 6.45) is -26.7. The number of amides is 1. The van der Waals surface area contributed by atoms with E-state index in [0.717, 1.165) is 70.6 Å². The van der Waals surface area contributed by atoms with E-state index in [-0.39, 0.29) is 12.8 Å². The Morgan fingerprint density at radius 2 is 0.795 bits per heavy atom. The Balaban J connectivity index is 1.08. The first kappa shape index (κ1) is 99.0. The molecule has 112 heavy (non-hydrogen) atoms. The fourth-order valence-corrected chi connectivity index (χ4v) is 15.3. The maximum Gasteiger partial charge on any atom is 0.249 e. The number of carbonyl (C=O) groups is 1. The van der Waals surface area contributed by atoms with Gasteiger partial charge in [0.05, 0.1) is 58.4 Å². The summed E-state index contributed by atoms with van der Waals surface area (Å²) in [7, 11) is 0. The first-order valence-corrected chi connectivity index (χ1v) is 41.8. The number of hydrogen-bond donors (Lipinski definition) is 22. The zero-order valence-corrected chi connectivity index (χ0v) is 65.9. The van der Waals surface area contributed by atoms with Crippen LogP contribution in [-0.4, -0.2) is 362 Å². The van der Waals surface area contributed by atoms with Gasteiger partial charge in [-0.2, -0.15) is 0 Å². The van der Waals surface area contributed by atoms with E-state index in [1.165, 1.54) is 109 Å². The van der Waals surface area contributed by atoms with Crippen LogP contribution in [0.2, 0.25) is 0 Å². The lowest BCUT2D eigenvalue weighted by molar-refractivity contribution is -0.374. The SMILES string of the molecule is CCCCCCCCCCCCCCCCCCCCCCCC(O)C(=O)NC(COC1OC(COC2OCC(O)C(O)C2OC2OC(CO)C(O)C(OC3OC(C(O)CO)C(OC4OC(C(O)CO)C(O)C4O)C3OC3OC(C(O)CO)C(O)C3O)C2O)C(O)C(O)C1O)C(O)C(O)CCCCCCCCCCC(C)C. The van der Waals surface area contributed by atoms with E-state index in [1.807, 2.05) is 0 Å². The number of ether oxygens (including phenoxy) is 12. The van der Waals surface area contributed by atoms with Crippen LogP contribution in [0.1, 0.15) is 226 Å². The van der Waals surface area contributed by atoms with E-state index in [4.69, 9.17) is 56.8 Å². The molecular weight excluding hydrogens is 1480 g/mol. The van der Waals surface area contributed by atoms with Crippen LogP contribution in [0.15, 0.2) is 0 Å². The summed E-state index contributed by atoms with van der Waals surface area (Å²) in [5.74, 6) is -0.199. The Labute approximate surface area is 658 Å². The largest absolute Gasteiger partial charge is 0.394 e. The Hall–Kier alpha value is -1.85. The molecule has 6 aliphatic rings. The predicted octanol–water partition coefficient (Wildman–Crippen LogP) is -1.71. The van der Waals surface area contributed by atoms with Crippen molar-refractivity contribution in [2.45, 2.75) is 429 Å². The second-order valence-electron chi connectivity index (χ2n) is 32.0. The minimum absolute atomic E-state index is 0.108. The molecule has 6 rings (SSSR count). The van der Waals surface area contributed by atoms with Gasteiger partial charge in [-0.05, 0) is 18.8 Å². The molecule has 0 radical (unpaired) electrons. The van der Waals surface area contributed by atoms with Gasteiger partial charge in [-0.3, -0.25) is 4.79 Å². The summed E-state index contributed by atoms with van der Waals surface area (Å²) in [5.41, 5.74) is 0. The summed E-state index contributed by atoms with van der Waals surface area (Å²) in [4.78, 5) is 13.7. The van der Waals surface area contributed by atoms with Gasteiger partial charge in [-0.15, -0.1) is 0 Å². The predicted molar refractivity (Wildman–Crippen MR) is 395 cm³/mol. The van der Waals surface area contributed by atoms with Crippen molar-refractivity contribution in [1.29, 1.82) is 0 Å². The van der Waals surface area contributed by atoms with Crippen LogP contribution in [-0.2, 0) is 61.6 Å². The van der Waals surface area contributed by atoms with E-state index in [9.17, 15) is 112 Å². The van der Waals surface area contributed by atoms with E-state index >= 15 is 0 Å². The molecule has 0 aromatic carbocycles. The Bertz CT molecular complexity index is 2440. The molecule has 0 aliphatic carbocycles. The smallest absolute Gasteiger partial charge is 0.249 e. The maximum absolute atomic E-state index is 13.7. The molecule has 6 heterocycles. The topological polar surface area (TPSA) is 565 Å². The lowest BCUT2D eigenvalue weighted by atomic mass is 9.98. The second-order valence-corrected chi connectivity index (χ2v) is 32.0. The van der Waals surface area contributed by atoms with Gasteiger partial charge < -0.3 is 169 Å². The monoisotopic (exact) mass is 1630 g/mol. The molecule has 0 aromatic rings. The van der Waals surface area contributed by atoms with E-state index in [2.05, 4.69) is 26.1 Å². The molecule has 0 saturated carbocycles. The van der Waals surface area contributed by atoms with Crippen LogP contribution in [0.4, 0.5) is 0 Å². The van der Waals surface area contributed by atoms with Gasteiger partial charge in [0.15, 0.2) is 37.7 Å². The highest BCUT2D eigenvalue weighted by Crippen LogP contribution is 2.40. The average molecular weight is 1630 g/mol. The van der Waals surface area contributed by atoms with Crippen molar-refractivity contribution >= 4 is 5.91 Å². The molecule has 660 valence electrons. The minimum atomic E-state index is -2.30. The standard InChI is InChI=1S/C77H143NO34/c1-4-5-6-7-8-9-10-11-12-13-14-15-16-17-18-19-20-21-26-29-32-35-46(84)71(100)78-44(53(89)45(83)34-31-28-25-23-22-24-27-30-33-43(2)3)40-101-72-60(96)57(93)55(91)52(105-72)42-103-76-68(54(90)50(88)41-102-76)110-75-63(99)67(56(92)51(39-82)104-75)109-77-70(112-74-62(98)59(95)65(107-74)48(86)37-80)69(66(108-77)49(87)38-81)111-73-61(97)58(94)64(106-73)47(85)36-79/h43-70,72-77,79-99H,4-42H2,1-3H3,(H,78,100). The summed E-state index contributed by atoms with van der Waals surface area (Å²) in [6.45, 7) is 0.379. The van der Waals surface area contributed by atoms with Crippen LogP contribution < -0.4 is 5.32 Å². The average Bonchev–Trinajstić information content (AvgIpc) is 1.58. The Morgan fingerprint density at radius 1 is 0.384 bits per heavy atom. The minimum Gasteiger partial charge on any atom is -0.394 e.